The van der Waals surface area contributed by atoms with Gasteiger partial charge in [-0.3, -0.25) is 0 Å². The van der Waals surface area contributed by atoms with Crippen molar-refractivity contribution in [3.05, 3.63) is 0 Å². The molecule has 0 radical (unpaired) electrons. The molecular formula is C18H36O. The minimum atomic E-state index is 0.343. The van der Waals surface area contributed by atoms with Crippen LogP contribution in [0.15, 0.2) is 0 Å². The molecule has 0 bridgehead atoms. The van der Waals surface area contributed by atoms with Crippen molar-refractivity contribution in [3.63, 3.8) is 0 Å². The van der Waals surface area contributed by atoms with Gasteiger partial charge in [0.05, 0.1) is 12.2 Å². The third kappa shape index (κ3) is 8.68. The first-order chi connectivity index (χ1) is 9.33. The molecule has 1 heterocycles. The van der Waals surface area contributed by atoms with Crippen molar-refractivity contribution in [2.24, 2.45) is 0 Å². The van der Waals surface area contributed by atoms with Gasteiger partial charge in [0.1, 0.15) is 0 Å². The fraction of sp³-hybridized carbons (Fsp3) is 1.00. The summed E-state index contributed by atoms with van der Waals surface area (Å²) in [6.45, 7) is 5.62. The van der Waals surface area contributed by atoms with E-state index in [2.05, 4.69) is 13.8 Å². The van der Waals surface area contributed by atoms with Crippen molar-refractivity contribution >= 4 is 0 Å². The third-order valence-corrected chi connectivity index (χ3v) is 4.52. The van der Waals surface area contributed by atoms with Gasteiger partial charge in [-0.25, -0.2) is 0 Å². The Morgan fingerprint density at radius 3 is 1.37 bits per heavy atom. The van der Waals surface area contributed by atoms with Crippen LogP contribution in [0.4, 0.5) is 0 Å². The van der Waals surface area contributed by atoms with E-state index in [-0.39, 0.29) is 0 Å². The highest BCUT2D eigenvalue weighted by molar-refractivity contribution is 4.91. The fourth-order valence-corrected chi connectivity index (χ4v) is 2.97. The van der Waals surface area contributed by atoms with E-state index in [0.29, 0.717) is 5.60 Å². The second kappa shape index (κ2) is 10.7. The lowest BCUT2D eigenvalue weighted by Crippen LogP contribution is -2.10. The quantitative estimate of drug-likeness (QED) is 0.268. The van der Waals surface area contributed by atoms with E-state index >= 15 is 0 Å². The van der Waals surface area contributed by atoms with Crippen LogP contribution in [-0.4, -0.2) is 12.2 Å². The predicted octanol–water partition coefficient (Wildman–Crippen LogP) is 6.26. The number of hydrogen-bond acceptors (Lipinski definition) is 1. The van der Waals surface area contributed by atoms with E-state index in [4.69, 9.17) is 4.74 Å². The lowest BCUT2D eigenvalue weighted by molar-refractivity contribution is 0.260. The monoisotopic (exact) mass is 268 g/mol. The first kappa shape index (κ1) is 17.0. The van der Waals surface area contributed by atoms with Crippen LogP contribution < -0.4 is 0 Å². The van der Waals surface area contributed by atoms with E-state index < -0.39 is 0 Å². The van der Waals surface area contributed by atoms with Crippen LogP contribution >= 0.6 is 0 Å². The number of ether oxygens (including phenoxy) is 1. The normalized spacial score (nSPS) is 16.7. The average Bonchev–Trinajstić information content (AvgIpc) is 3.18. The van der Waals surface area contributed by atoms with E-state index in [1.807, 2.05) is 0 Å². The van der Waals surface area contributed by atoms with Crippen LogP contribution in [0.2, 0.25) is 0 Å². The Hall–Kier alpha value is -0.0400. The molecule has 19 heavy (non-hydrogen) atoms. The number of epoxide rings is 1. The Labute approximate surface area is 121 Å². The highest BCUT2D eigenvalue weighted by atomic mass is 16.6. The highest BCUT2D eigenvalue weighted by Crippen LogP contribution is 2.38. The van der Waals surface area contributed by atoms with Crippen LogP contribution in [0.5, 0.6) is 0 Å². The third-order valence-electron chi connectivity index (χ3n) is 4.52. The van der Waals surface area contributed by atoms with Gasteiger partial charge in [0.25, 0.3) is 0 Å². The standard InChI is InChI=1S/C18H36O/c1-3-5-7-9-11-13-15-18(17-19-18)16-14-12-10-8-6-4-2/h3-17H2,1-2H3. The van der Waals surface area contributed by atoms with Gasteiger partial charge >= 0.3 is 0 Å². The molecule has 1 aliphatic heterocycles. The second-order valence-electron chi connectivity index (χ2n) is 6.51. The maximum absolute atomic E-state index is 5.75. The molecule has 0 aromatic rings. The minimum absolute atomic E-state index is 0.343. The average molecular weight is 268 g/mol. The summed E-state index contributed by atoms with van der Waals surface area (Å²) in [7, 11) is 0. The van der Waals surface area contributed by atoms with Crippen molar-refractivity contribution in [2.75, 3.05) is 6.61 Å². The van der Waals surface area contributed by atoms with Gasteiger partial charge in [-0.1, -0.05) is 90.9 Å². The second-order valence-corrected chi connectivity index (χ2v) is 6.51. The van der Waals surface area contributed by atoms with Gasteiger partial charge in [0.15, 0.2) is 0 Å². The lowest BCUT2D eigenvalue weighted by atomic mass is 9.95. The topological polar surface area (TPSA) is 12.5 Å². The maximum Gasteiger partial charge on any atom is 0.0916 e. The largest absolute Gasteiger partial charge is 0.370 e. The summed E-state index contributed by atoms with van der Waals surface area (Å²) in [5.41, 5.74) is 0.343. The van der Waals surface area contributed by atoms with Gasteiger partial charge in [0, 0.05) is 0 Å². The Kier molecular flexibility index (Phi) is 9.59. The number of rotatable bonds is 14. The maximum atomic E-state index is 5.75. The highest BCUT2D eigenvalue weighted by Gasteiger charge is 2.42. The summed E-state index contributed by atoms with van der Waals surface area (Å²) < 4.78 is 5.75. The smallest absolute Gasteiger partial charge is 0.0916 e. The molecule has 1 rings (SSSR count). The molecule has 0 aromatic carbocycles. The van der Waals surface area contributed by atoms with Crippen molar-refractivity contribution in [1.82, 2.24) is 0 Å². The summed E-state index contributed by atoms with van der Waals surface area (Å²) in [6, 6.07) is 0. The summed E-state index contributed by atoms with van der Waals surface area (Å²) in [5.74, 6) is 0. The van der Waals surface area contributed by atoms with Crippen molar-refractivity contribution in [3.8, 4) is 0 Å². The lowest BCUT2D eigenvalue weighted by Gasteiger charge is -2.11. The molecule has 0 amide bonds. The first-order valence-corrected chi connectivity index (χ1v) is 8.97. The molecule has 1 nitrogen and oxygen atoms in total. The summed E-state index contributed by atoms with van der Waals surface area (Å²) in [5, 5.41) is 0. The molecular weight excluding hydrogens is 232 g/mol. The van der Waals surface area contributed by atoms with Gasteiger partial charge in [-0.15, -0.1) is 0 Å². The van der Waals surface area contributed by atoms with Crippen molar-refractivity contribution < 1.29 is 4.74 Å². The molecule has 0 saturated carbocycles. The van der Waals surface area contributed by atoms with Crippen LogP contribution in [-0.2, 0) is 4.74 Å². The summed E-state index contributed by atoms with van der Waals surface area (Å²) in [6.07, 6.45) is 19.5. The SMILES string of the molecule is CCCCCCCCC1(CCCCCCCC)CO1. The Balaban J connectivity index is 1.88. The van der Waals surface area contributed by atoms with E-state index in [1.165, 1.54) is 89.9 Å². The van der Waals surface area contributed by atoms with E-state index in [0.717, 1.165) is 6.61 Å². The van der Waals surface area contributed by atoms with Gasteiger partial charge in [0.2, 0.25) is 0 Å². The molecule has 0 spiro atoms. The summed E-state index contributed by atoms with van der Waals surface area (Å²) in [4.78, 5) is 0. The Morgan fingerprint density at radius 1 is 0.632 bits per heavy atom. The van der Waals surface area contributed by atoms with Crippen LogP contribution in [0, 0.1) is 0 Å². The molecule has 1 heteroatoms. The predicted molar refractivity (Wildman–Crippen MR) is 84.7 cm³/mol. The summed E-state index contributed by atoms with van der Waals surface area (Å²) >= 11 is 0. The Morgan fingerprint density at radius 2 is 1.00 bits per heavy atom. The molecule has 0 atom stereocenters. The first-order valence-electron chi connectivity index (χ1n) is 8.97. The van der Waals surface area contributed by atoms with Crippen LogP contribution in [0.25, 0.3) is 0 Å². The van der Waals surface area contributed by atoms with Crippen molar-refractivity contribution in [1.29, 1.82) is 0 Å². The zero-order valence-electron chi connectivity index (χ0n) is 13.5. The molecule has 1 aliphatic rings. The zero-order valence-corrected chi connectivity index (χ0v) is 13.5. The van der Waals surface area contributed by atoms with Gasteiger partial charge in [-0.2, -0.15) is 0 Å². The molecule has 0 N–H and O–H groups in total. The Bertz CT molecular complexity index is 178. The number of hydrogen-bond donors (Lipinski definition) is 0. The molecule has 0 unspecified atom stereocenters. The minimum Gasteiger partial charge on any atom is -0.370 e. The van der Waals surface area contributed by atoms with Gasteiger partial charge < -0.3 is 4.74 Å². The van der Waals surface area contributed by atoms with E-state index in [1.54, 1.807) is 0 Å². The van der Waals surface area contributed by atoms with Crippen molar-refractivity contribution in [2.45, 2.75) is 109 Å². The zero-order chi connectivity index (χ0) is 13.8. The molecule has 1 fully saturated rings. The molecule has 0 aromatic heterocycles. The number of unbranched alkanes of at least 4 members (excludes halogenated alkanes) is 10. The van der Waals surface area contributed by atoms with Gasteiger partial charge in [-0.05, 0) is 12.8 Å². The molecule has 114 valence electrons. The molecule has 0 aliphatic carbocycles. The van der Waals surface area contributed by atoms with Crippen LogP contribution in [0.1, 0.15) is 104 Å². The fourth-order valence-electron chi connectivity index (χ4n) is 2.97. The van der Waals surface area contributed by atoms with E-state index in [9.17, 15) is 0 Å². The van der Waals surface area contributed by atoms with Crippen LogP contribution in [0.3, 0.4) is 0 Å². The molecule has 1 saturated heterocycles.